The van der Waals surface area contributed by atoms with Crippen LogP contribution in [0.3, 0.4) is 0 Å². The molecule has 0 heterocycles. The zero-order valence-corrected chi connectivity index (χ0v) is 13.4. The van der Waals surface area contributed by atoms with E-state index >= 15 is 0 Å². The van der Waals surface area contributed by atoms with Crippen LogP contribution in [0.2, 0.25) is 0 Å². The van der Waals surface area contributed by atoms with Crippen molar-refractivity contribution in [2.24, 2.45) is 5.92 Å². The van der Waals surface area contributed by atoms with Gasteiger partial charge in [-0.2, -0.15) is 5.12 Å². The van der Waals surface area contributed by atoms with Crippen LogP contribution in [-0.2, 0) is 0 Å². The average molecular weight is 269 g/mol. The molecule has 0 amide bonds. The molecule has 0 aliphatic heterocycles. The van der Waals surface area contributed by atoms with E-state index in [2.05, 4.69) is 36.7 Å². The van der Waals surface area contributed by atoms with E-state index in [9.17, 15) is 0 Å². The summed E-state index contributed by atoms with van der Waals surface area (Å²) in [5.41, 5.74) is 7.27. The molecule has 1 rings (SSSR count). The third-order valence-corrected chi connectivity index (χ3v) is 3.95. The first kappa shape index (κ1) is 16.9. The van der Waals surface area contributed by atoms with Crippen LogP contribution < -0.4 is 10.9 Å². The number of hydrogen-bond acceptors (Lipinski definition) is 3. The number of hydrazine groups is 2. The van der Waals surface area contributed by atoms with E-state index in [0.717, 1.165) is 19.0 Å². The molecule has 1 aliphatic carbocycles. The van der Waals surface area contributed by atoms with Crippen molar-refractivity contribution in [1.29, 1.82) is 0 Å². The van der Waals surface area contributed by atoms with Gasteiger partial charge in [-0.15, -0.1) is 0 Å². The third-order valence-electron chi connectivity index (χ3n) is 3.95. The molecule has 0 saturated heterocycles. The van der Waals surface area contributed by atoms with Crippen LogP contribution in [0.25, 0.3) is 0 Å². The molecule has 0 aromatic carbocycles. The summed E-state index contributed by atoms with van der Waals surface area (Å²) in [5, 5.41) is 2.29. The fraction of sp³-hybridized carbons (Fsp3) is 1.00. The number of unbranched alkanes of at least 4 members (excludes halogenated alkanes) is 3. The molecule has 0 spiro atoms. The van der Waals surface area contributed by atoms with Crippen molar-refractivity contribution in [2.75, 3.05) is 13.1 Å². The van der Waals surface area contributed by atoms with Crippen LogP contribution in [0, 0.1) is 5.92 Å². The predicted octanol–water partition coefficient (Wildman–Crippen LogP) is 3.87. The maximum atomic E-state index is 3.69. The Kier molecular flexibility index (Phi) is 9.48. The zero-order valence-electron chi connectivity index (χ0n) is 13.4. The molecule has 2 N–H and O–H groups in total. The lowest BCUT2D eigenvalue weighted by molar-refractivity contribution is 0.0862. The Morgan fingerprint density at radius 1 is 1.11 bits per heavy atom. The molecular weight excluding hydrogens is 234 g/mol. The monoisotopic (exact) mass is 269 g/mol. The second kappa shape index (κ2) is 10.6. The Morgan fingerprint density at radius 2 is 1.84 bits per heavy atom. The maximum absolute atomic E-state index is 3.69. The fourth-order valence-electron chi connectivity index (χ4n) is 2.65. The minimum atomic E-state index is 0.706. The highest BCUT2D eigenvalue weighted by Gasteiger charge is 2.17. The lowest BCUT2D eigenvalue weighted by Crippen LogP contribution is -2.52. The molecule has 1 saturated carbocycles. The number of nitrogens with one attached hydrogen (secondary N) is 2. The summed E-state index contributed by atoms with van der Waals surface area (Å²) in [6.45, 7) is 9.07. The molecule has 0 radical (unpaired) electrons. The van der Waals surface area contributed by atoms with Crippen molar-refractivity contribution < 1.29 is 0 Å². The molecule has 0 aromatic heterocycles. The Bertz CT molecular complexity index is 200. The van der Waals surface area contributed by atoms with E-state index in [1.54, 1.807) is 0 Å². The molecule has 3 nitrogen and oxygen atoms in total. The summed E-state index contributed by atoms with van der Waals surface area (Å²) < 4.78 is 0. The molecule has 0 atom stereocenters. The van der Waals surface area contributed by atoms with E-state index in [1.165, 1.54) is 57.8 Å². The summed E-state index contributed by atoms with van der Waals surface area (Å²) in [6.07, 6.45) is 12.1. The van der Waals surface area contributed by atoms with Gasteiger partial charge < -0.3 is 0 Å². The van der Waals surface area contributed by atoms with E-state index in [1.807, 2.05) is 0 Å². The van der Waals surface area contributed by atoms with Gasteiger partial charge in [0.25, 0.3) is 0 Å². The van der Waals surface area contributed by atoms with E-state index in [4.69, 9.17) is 0 Å². The van der Waals surface area contributed by atoms with Gasteiger partial charge in [0.2, 0.25) is 0 Å². The van der Waals surface area contributed by atoms with Gasteiger partial charge in [-0.3, -0.25) is 0 Å². The van der Waals surface area contributed by atoms with Crippen LogP contribution in [0.1, 0.15) is 78.6 Å². The van der Waals surface area contributed by atoms with Gasteiger partial charge in [-0.25, -0.2) is 10.9 Å². The summed E-state index contributed by atoms with van der Waals surface area (Å²) in [4.78, 5) is 0. The van der Waals surface area contributed by atoms with E-state index in [0.29, 0.717) is 6.04 Å². The van der Waals surface area contributed by atoms with Crippen molar-refractivity contribution in [3.05, 3.63) is 0 Å². The highest BCUT2D eigenvalue weighted by atomic mass is 15.7. The first-order valence-electron chi connectivity index (χ1n) is 8.49. The second-order valence-corrected chi connectivity index (χ2v) is 6.41. The highest BCUT2D eigenvalue weighted by molar-refractivity contribution is 4.72. The average Bonchev–Trinajstić information content (AvgIpc) is 2.86. The predicted molar refractivity (Wildman–Crippen MR) is 83.7 cm³/mol. The first-order valence-corrected chi connectivity index (χ1v) is 8.49. The smallest absolute Gasteiger partial charge is 0.0288 e. The third kappa shape index (κ3) is 8.61. The minimum Gasteiger partial charge on any atom is -0.242 e. The van der Waals surface area contributed by atoms with Gasteiger partial charge in [-0.1, -0.05) is 52.9 Å². The molecule has 3 heteroatoms. The van der Waals surface area contributed by atoms with Gasteiger partial charge in [0.05, 0.1) is 0 Å². The fourth-order valence-corrected chi connectivity index (χ4v) is 2.65. The molecule has 1 aliphatic rings. The summed E-state index contributed by atoms with van der Waals surface area (Å²) in [5.74, 6) is 0.779. The molecule has 0 bridgehead atoms. The van der Waals surface area contributed by atoms with Crippen molar-refractivity contribution in [3.8, 4) is 0 Å². The standard InChI is InChI=1S/C16H35N3/c1-4-5-6-9-14-19(17-13-12-15(2)3)18-16-10-7-8-11-16/h15-18H,4-14H2,1-3H3. The Hall–Kier alpha value is -0.120. The van der Waals surface area contributed by atoms with Crippen LogP contribution in [0.4, 0.5) is 0 Å². The summed E-state index contributed by atoms with van der Waals surface area (Å²) in [7, 11) is 0. The second-order valence-electron chi connectivity index (χ2n) is 6.41. The van der Waals surface area contributed by atoms with Gasteiger partial charge in [-0.05, 0) is 31.6 Å². The molecular formula is C16H35N3. The number of nitrogens with zero attached hydrogens (tertiary/aromatic N) is 1. The van der Waals surface area contributed by atoms with Crippen LogP contribution >= 0.6 is 0 Å². The first-order chi connectivity index (χ1) is 9.22. The maximum Gasteiger partial charge on any atom is 0.0288 e. The largest absolute Gasteiger partial charge is 0.242 e. The van der Waals surface area contributed by atoms with Gasteiger partial charge in [0.15, 0.2) is 0 Å². The quantitative estimate of drug-likeness (QED) is 0.440. The summed E-state index contributed by atoms with van der Waals surface area (Å²) in [6, 6.07) is 0.706. The van der Waals surface area contributed by atoms with Gasteiger partial charge >= 0.3 is 0 Å². The molecule has 0 unspecified atom stereocenters. The molecule has 114 valence electrons. The number of hydrogen-bond donors (Lipinski definition) is 2. The molecule has 1 fully saturated rings. The normalized spacial score (nSPS) is 16.9. The van der Waals surface area contributed by atoms with Gasteiger partial charge in [0, 0.05) is 19.1 Å². The molecule has 0 aromatic rings. The zero-order chi connectivity index (χ0) is 13.9. The number of rotatable bonds is 11. The lowest BCUT2D eigenvalue weighted by atomic mass is 10.1. The Balaban J connectivity index is 2.20. The minimum absolute atomic E-state index is 0.706. The van der Waals surface area contributed by atoms with Crippen LogP contribution in [0.5, 0.6) is 0 Å². The van der Waals surface area contributed by atoms with E-state index in [-0.39, 0.29) is 0 Å². The Morgan fingerprint density at radius 3 is 2.47 bits per heavy atom. The van der Waals surface area contributed by atoms with Crippen molar-refractivity contribution >= 4 is 0 Å². The van der Waals surface area contributed by atoms with Crippen LogP contribution in [-0.4, -0.2) is 24.2 Å². The van der Waals surface area contributed by atoms with Gasteiger partial charge in [0.1, 0.15) is 0 Å². The summed E-state index contributed by atoms with van der Waals surface area (Å²) >= 11 is 0. The van der Waals surface area contributed by atoms with E-state index < -0.39 is 0 Å². The van der Waals surface area contributed by atoms with Crippen LogP contribution in [0.15, 0.2) is 0 Å². The Labute approximate surface area is 120 Å². The highest BCUT2D eigenvalue weighted by Crippen LogP contribution is 2.17. The van der Waals surface area contributed by atoms with Crippen molar-refractivity contribution in [2.45, 2.75) is 84.6 Å². The van der Waals surface area contributed by atoms with Crippen molar-refractivity contribution in [1.82, 2.24) is 16.0 Å². The SMILES string of the molecule is CCCCCCN(NCCC(C)C)NC1CCCC1. The topological polar surface area (TPSA) is 27.3 Å². The lowest BCUT2D eigenvalue weighted by Gasteiger charge is -2.28. The van der Waals surface area contributed by atoms with Crippen molar-refractivity contribution in [3.63, 3.8) is 0 Å². The molecule has 19 heavy (non-hydrogen) atoms.